The third kappa shape index (κ3) is 4.11. The Kier molecular flexibility index (Phi) is 5.26. The average Bonchev–Trinajstić information content (AvgIpc) is 3.23. The number of piperidine rings is 2. The first-order valence-electron chi connectivity index (χ1n) is 10.3. The highest BCUT2D eigenvalue weighted by atomic mass is 16.2. The summed E-state index contributed by atoms with van der Waals surface area (Å²) in [5, 5.41) is 7.43. The second kappa shape index (κ2) is 7.85. The molecular formula is C23H28N4O2. The Labute approximate surface area is 171 Å². The molecule has 2 aromatic rings. The lowest BCUT2D eigenvalue weighted by molar-refractivity contribution is -0.117. The number of carbonyl (C=O) groups excluding carboxylic acids is 2. The third-order valence-electron chi connectivity index (χ3n) is 6.13. The lowest BCUT2D eigenvalue weighted by Crippen LogP contribution is -2.59. The number of carbonyl (C=O) groups is 2. The van der Waals surface area contributed by atoms with E-state index in [0.717, 1.165) is 36.9 Å². The van der Waals surface area contributed by atoms with Gasteiger partial charge in [0.15, 0.2) is 0 Å². The van der Waals surface area contributed by atoms with Gasteiger partial charge >= 0.3 is 0 Å². The van der Waals surface area contributed by atoms with Crippen LogP contribution >= 0.6 is 0 Å². The highest BCUT2D eigenvalue weighted by Gasteiger charge is 2.46. The van der Waals surface area contributed by atoms with Gasteiger partial charge in [0.05, 0.1) is 17.4 Å². The van der Waals surface area contributed by atoms with Crippen LogP contribution in [-0.2, 0) is 4.79 Å². The summed E-state index contributed by atoms with van der Waals surface area (Å²) in [6.07, 6.45) is 9.20. The van der Waals surface area contributed by atoms with Crippen LogP contribution in [0.4, 0.5) is 0 Å². The maximum Gasteiger partial charge on any atom is 0.257 e. The van der Waals surface area contributed by atoms with Gasteiger partial charge in [-0.25, -0.2) is 4.68 Å². The van der Waals surface area contributed by atoms with Crippen LogP contribution in [0, 0.1) is 5.41 Å². The van der Waals surface area contributed by atoms with Gasteiger partial charge in [0.25, 0.3) is 5.91 Å². The minimum Gasteiger partial charge on any atom is -0.352 e. The molecule has 1 saturated carbocycles. The van der Waals surface area contributed by atoms with Gasteiger partial charge in [-0.1, -0.05) is 23.8 Å². The Hall–Kier alpha value is -2.89. The summed E-state index contributed by atoms with van der Waals surface area (Å²) in [5.74, 6) is -0.00864. The summed E-state index contributed by atoms with van der Waals surface area (Å²) in [7, 11) is 0. The third-order valence-corrected chi connectivity index (χ3v) is 6.13. The molecule has 0 spiro atoms. The molecule has 2 bridgehead atoms. The number of aromatic nitrogens is 2. The first-order chi connectivity index (χ1) is 14.0. The summed E-state index contributed by atoms with van der Waals surface area (Å²) >= 11 is 0. The van der Waals surface area contributed by atoms with Crippen molar-refractivity contribution in [1.29, 1.82) is 0 Å². The number of benzene rings is 1. The molecule has 2 amide bonds. The van der Waals surface area contributed by atoms with Crippen LogP contribution in [-0.4, -0.2) is 45.6 Å². The van der Waals surface area contributed by atoms with Gasteiger partial charge in [0, 0.05) is 36.8 Å². The molecule has 1 aromatic carbocycles. The topological polar surface area (TPSA) is 67.2 Å². The molecule has 1 aliphatic carbocycles. The quantitative estimate of drug-likeness (QED) is 0.794. The van der Waals surface area contributed by atoms with Gasteiger partial charge in [0.2, 0.25) is 5.91 Å². The molecule has 3 heterocycles. The Bertz CT molecular complexity index is 919. The summed E-state index contributed by atoms with van der Waals surface area (Å²) in [6, 6.07) is 10.1. The zero-order valence-corrected chi connectivity index (χ0v) is 17.1. The molecule has 0 atom stereocenters. The maximum absolute atomic E-state index is 13.2. The molecule has 5 rings (SSSR count). The SMILES string of the molecule is CC(C)=CC(=O)NCC12CCC(CC1)N(C(=O)c1cnn(-c3ccccc3)c1)C2. The Balaban J connectivity index is 1.46. The lowest BCUT2D eigenvalue weighted by atomic mass is 9.67. The van der Waals surface area contributed by atoms with Gasteiger partial charge in [0.1, 0.15) is 0 Å². The smallest absolute Gasteiger partial charge is 0.257 e. The van der Waals surface area contributed by atoms with E-state index in [4.69, 9.17) is 0 Å². The van der Waals surface area contributed by atoms with Crippen LogP contribution in [0.1, 0.15) is 49.9 Å². The summed E-state index contributed by atoms with van der Waals surface area (Å²) in [6.45, 7) is 5.15. The molecule has 1 aromatic heterocycles. The molecule has 0 radical (unpaired) electrons. The Morgan fingerprint density at radius 2 is 1.93 bits per heavy atom. The zero-order chi connectivity index (χ0) is 20.4. The largest absolute Gasteiger partial charge is 0.352 e. The molecule has 152 valence electrons. The molecule has 2 aliphatic heterocycles. The van der Waals surface area contributed by atoms with Crippen LogP contribution in [0.25, 0.3) is 5.69 Å². The van der Waals surface area contributed by atoms with E-state index < -0.39 is 0 Å². The molecule has 6 nitrogen and oxygen atoms in total. The minimum atomic E-state index is -0.0471. The van der Waals surface area contributed by atoms with E-state index >= 15 is 0 Å². The van der Waals surface area contributed by atoms with Crippen molar-refractivity contribution >= 4 is 11.8 Å². The van der Waals surface area contributed by atoms with Crippen molar-refractivity contribution in [2.45, 2.75) is 45.6 Å². The van der Waals surface area contributed by atoms with E-state index in [2.05, 4.69) is 10.4 Å². The second-order valence-corrected chi connectivity index (χ2v) is 8.61. The van der Waals surface area contributed by atoms with Crippen molar-refractivity contribution in [3.05, 3.63) is 59.9 Å². The number of hydrogen-bond acceptors (Lipinski definition) is 3. The van der Waals surface area contributed by atoms with E-state index in [9.17, 15) is 9.59 Å². The summed E-state index contributed by atoms with van der Waals surface area (Å²) in [4.78, 5) is 27.3. The molecule has 0 unspecified atom stereocenters. The number of para-hydroxylation sites is 1. The second-order valence-electron chi connectivity index (χ2n) is 8.61. The van der Waals surface area contributed by atoms with E-state index in [1.54, 1.807) is 17.0 Å². The van der Waals surface area contributed by atoms with E-state index in [1.807, 2.05) is 55.3 Å². The molecule has 3 aliphatic rings. The number of hydrogen-bond donors (Lipinski definition) is 1. The van der Waals surface area contributed by atoms with Crippen LogP contribution in [0.3, 0.4) is 0 Å². The van der Waals surface area contributed by atoms with Crippen LogP contribution in [0.2, 0.25) is 0 Å². The van der Waals surface area contributed by atoms with Crippen molar-refractivity contribution in [3.8, 4) is 5.69 Å². The maximum atomic E-state index is 13.2. The molecule has 29 heavy (non-hydrogen) atoms. The van der Waals surface area contributed by atoms with Crippen molar-refractivity contribution in [3.63, 3.8) is 0 Å². The number of allylic oxidation sites excluding steroid dienone is 1. The Morgan fingerprint density at radius 3 is 2.62 bits per heavy atom. The molecule has 6 heteroatoms. The van der Waals surface area contributed by atoms with Gasteiger partial charge in [-0.15, -0.1) is 0 Å². The van der Waals surface area contributed by atoms with Gasteiger partial charge < -0.3 is 10.2 Å². The predicted octanol–water partition coefficient (Wildman–Crippen LogP) is 3.34. The van der Waals surface area contributed by atoms with E-state index in [-0.39, 0.29) is 23.3 Å². The number of rotatable bonds is 5. The molecule has 3 fully saturated rings. The van der Waals surface area contributed by atoms with E-state index in [1.165, 1.54) is 0 Å². The van der Waals surface area contributed by atoms with Crippen molar-refractivity contribution < 1.29 is 9.59 Å². The average molecular weight is 393 g/mol. The lowest BCUT2D eigenvalue weighted by Gasteiger charge is -2.52. The first-order valence-corrected chi connectivity index (χ1v) is 10.3. The first kappa shape index (κ1) is 19.4. The number of amides is 2. The van der Waals surface area contributed by atoms with E-state index in [0.29, 0.717) is 18.7 Å². The number of nitrogens with zero attached hydrogens (tertiary/aromatic N) is 3. The predicted molar refractivity (Wildman–Crippen MR) is 112 cm³/mol. The van der Waals surface area contributed by atoms with Crippen LogP contribution in [0.15, 0.2) is 54.4 Å². The normalized spacial score (nSPS) is 23.0. The monoisotopic (exact) mass is 392 g/mol. The molecule has 2 saturated heterocycles. The fourth-order valence-electron chi connectivity index (χ4n) is 4.55. The fraction of sp³-hybridized carbons (Fsp3) is 0.435. The number of fused-ring (bicyclic) bond motifs is 3. The van der Waals surface area contributed by atoms with Crippen molar-refractivity contribution in [1.82, 2.24) is 20.0 Å². The summed E-state index contributed by atoms with van der Waals surface area (Å²) in [5.41, 5.74) is 2.51. The van der Waals surface area contributed by atoms with Crippen LogP contribution < -0.4 is 5.32 Å². The summed E-state index contributed by atoms with van der Waals surface area (Å²) < 4.78 is 1.74. The molecule has 1 N–H and O–H groups in total. The fourth-order valence-corrected chi connectivity index (χ4v) is 4.55. The zero-order valence-electron chi connectivity index (χ0n) is 17.1. The standard InChI is InChI=1S/C23H28N4O2/c1-17(2)12-21(28)24-15-23-10-8-19(9-11-23)26(16-23)22(29)18-13-25-27(14-18)20-6-4-3-5-7-20/h3-7,12-14,19H,8-11,15-16H2,1-2H3,(H,24,28). The van der Waals surface area contributed by atoms with Crippen LogP contribution in [0.5, 0.6) is 0 Å². The van der Waals surface area contributed by atoms with Gasteiger partial charge in [-0.05, 0) is 51.7 Å². The molecular weight excluding hydrogens is 364 g/mol. The van der Waals surface area contributed by atoms with Gasteiger partial charge in [-0.3, -0.25) is 9.59 Å². The minimum absolute atomic E-state index is 0.0228. The van der Waals surface area contributed by atoms with Gasteiger partial charge in [-0.2, -0.15) is 5.10 Å². The number of nitrogens with one attached hydrogen (secondary N) is 1. The highest BCUT2D eigenvalue weighted by molar-refractivity contribution is 5.94. The van der Waals surface area contributed by atoms with Crippen molar-refractivity contribution in [2.75, 3.05) is 13.1 Å². The van der Waals surface area contributed by atoms with Crippen molar-refractivity contribution in [2.24, 2.45) is 5.41 Å². The highest BCUT2D eigenvalue weighted by Crippen LogP contribution is 2.44. The Morgan fingerprint density at radius 1 is 1.21 bits per heavy atom.